The number of benzene rings is 1. The summed E-state index contributed by atoms with van der Waals surface area (Å²) < 4.78 is 22.2. The summed E-state index contributed by atoms with van der Waals surface area (Å²) in [5.41, 5.74) is 3.22. The first kappa shape index (κ1) is 15.1. The minimum atomic E-state index is -3.72. The highest BCUT2D eigenvalue weighted by Crippen LogP contribution is 2.08. The van der Waals surface area contributed by atoms with Gasteiger partial charge in [0.2, 0.25) is 15.9 Å². The van der Waals surface area contributed by atoms with Crippen molar-refractivity contribution in [3.05, 3.63) is 29.8 Å². The quantitative estimate of drug-likeness (QED) is 0.673. The number of primary sulfonamides is 1. The Morgan fingerprint density at radius 1 is 1.29 bits per heavy atom. The molecule has 1 heterocycles. The average Bonchev–Trinajstić information content (AvgIpc) is 2.45. The van der Waals surface area contributed by atoms with E-state index in [1.54, 1.807) is 12.1 Å². The lowest BCUT2D eigenvalue weighted by Crippen LogP contribution is -2.36. The van der Waals surface area contributed by atoms with Gasteiger partial charge in [0.1, 0.15) is 5.71 Å². The van der Waals surface area contributed by atoms with Gasteiger partial charge in [-0.3, -0.25) is 9.59 Å². The maximum absolute atomic E-state index is 11.8. The molecule has 1 aliphatic heterocycles. The SMILES string of the molecule is NS(=O)(=O)c1ccc(CNC(=O)C2=NNC(=O)CC2)cc1. The van der Waals surface area contributed by atoms with E-state index >= 15 is 0 Å². The molecular formula is C12H14N4O4S. The topological polar surface area (TPSA) is 131 Å². The average molecular weight is 310 g/mol. The number of hydrogen-bond acceptors (Lipinski definition) is 5. The van der Waals surface area contributed by atoms with E-state index in [1.807, 2.05) is 0 Å². The third-order valence-electron chi connectivity index (χ3n) is 2.87. The second-order valence-corrected chi connectivity index (χ2v) is 6.03. The van der Waals surface area contributed by atoms with Gasteiger partial charge in [0, 0.05) is 19.4 Å². The molecule has 112 valence electrons. The molecule has 0 unspecified atom stereocenters. The van der Waals surface area contributed by atoms with E-state index in [0.717, 1.165) is 5.56 Å². The van der Waals surface area contributed by atoms with Crippen LogP contribution in [0.5, 0.6) is 0 Å². The number of nitrogens with two attached hydrogens (primary N) is 1. The summed E-state index contributed by atoms with van der Waals surface area (Å²) in [6.45, 7) is 0.219. The molecule has 0 atom stereocenters. The minimum Gasteiger partial charge on any atom is -0.347 e. The first-order valence-electron chi connectivity index (χ1n) is 6.11. The van der Waals surface area contributed by atoms with Crippen LogP contribution in [-0.4, -0.2) is 25.9 Å². The number of hydrogen-bond donors (Lipinski definition) is 3. The van der Waals surface area contributed by atoms with Crippen LogP contribution >= 0.6 is 0 Å². The number of amides is 2. The molecule has 2 amide bonds. The van der Waals surface area contributed by atoms with Crippen LogP contribution in [0.3, 0.4) is 0 Å². The van der Waals surface area contributed by atoms with Gasteiger partial charge in [-0.2, -0.15) is 5.10 Å². The summed E-state index contributed by atoms with van der Waals surface area (Å²) in [5.74, 6) is -0.587. The summed E-state index contributed by atoms with van der Waals surface area (Å²) in [6.07, 6.45) is 0.525. The van der Waals surface area contributed by atoms with Crippen molar-refractivity contribution in [2.75, 3.05) is 0 Å². The van der Waals surface area contributed by atoms with E-state index in [0.29, 0.717) is 6.42 Å². The van der Waals surface area contributed by atoms with Gasteiger partial charge in [-0.1, -0.05) is 12.1 Å². The van der Waals surface area contributed by atoms with Crippen LogP contribution in [0.25, 0.3) is 0 Å². The largest absolute Gasteiger partial charge is 0.347 e. The number of rotatable bonds is 4. The fourth-order valence-electron chi connectivity index (χ4n) is 1.72. The zero-order chi connectivity index (χ0) is 15.5. The zero-order valence-electron chi connectivity index (χ0n) is 11.0. The van der Waals surface area contributed by atoms with Crippen molar-refractivity contribution >= 4 is 27.5 Å². The van der Waals surface area contributed by atoms with Crippen LogP contribution < -0.4 is 15.9 Å². The van der Waals surface area contributed by atoms with E-state index in [-0.39, 0.29) is 35.4 Å². The molecular weight excluding hydrogens is 296 g/mol. The van der Waals surface area contributed by atoms with E-state index in [1.165, 1.54) is 12.1 Å². The molecule has 0 spiro atoms. The zero-order valence-corrected chi connectivity index (χ0v) is 11.8. The Kier molecular flexibility index (Phi) is 4.34. The Morgan fingerprint density at radius 2 is 1.95 bits per heavy atom. The molecule has 0 saturated heterocycles. The second-order valence-electron chi connectivity index (χ2n) is 4.47. The maximum atomic E-state index is 11.8. The van der Waals surface area contributed by atoms with Crippen LogP contribution in [0.2, 0.25) is 0 Å². The van der Waals surface area contributed by atoms with E-state index < -0.39 is 10.0 Å². The summed E-state index contributed by atoms with van der Waals surface area (Å²) in [6, 6.07) is 5.86. The fraction of sp³-hybridized carbons (Fsp3) is 0.250. The Morgan fingerprint density at radius 3 is 2.48 bits per heavy atom. The van der Waals surface area contributed by atoms with Crippen molar-refractivity contribution in [3.8, 4) is 0 Å². The van der Waals surface area contributed by atoms with Crippen molar-refractivity contribution in [1.29, 1.82) is 0 Å². The highest BCUT2D eigenvalue weighted by atomic mass is 32.2. The van der Waals surface area contributed by atoms with Crippen molar-refractivity contribution in [1.82, 2.24) is 10.7 Å². The van der Waals surface area contributed by atoms with E-state index in [2.05, 4.69) is 15.8 Å². The van der Waals surface area contributed by atoms with E-state index in [9.17, 15) is 18.0 Å². The van der Waals surface area contributed by atoms with Crippen LogP contribution in [-0.2, 0) is 26.2 Å². The molecule has 0 aliphatic carbocycles. The molecule has 1 aromatic rings. The Hall–Kier alpha value is -2.26. The van der Waals surface area contributed by atoms with Crippen molar-refractivity contribution in [2.24, 2.45) is 10.2 Å². The van der Waals surface area contributed by atoms with Crippen LogP contribution in [0.4, 0.5) is 0 Å². The van der Waals surface area contributed by atoms with Crippen molar-refractivity contribution in [3.63, 3.8) is 0 Å². The summed E-state index contributed by atoms with van der Waals surface area (Å²) in [4.78, 5) is 22.7. The molecule has 8 nitrogen and oxygen atoms in total. The first-order valence-corrected chi connectivity index (χ1v) is 7.66. The highest BCUT2D eigenvalue weighted by molar-refractivity contribution is 7.89. The number of nitrogens with one attached hydrogen (secondary N) is 2. The Balaban J connectivity index is 1.94. The van der Waals surface area contributed by atoms with Crippen molar-refractivity contribution in [2.45, 2.75) is 24.3 Å². The number of carbonyl (C=O) groups is 2. The predicted octanol–water partition coefficient (Wildman–Crippen LogP) is -0.784. The number of carbonyl (C=O) groups excluding carboxylic acids is 2. The van der Waals surface area contributed by atoms with Gasteiger partial charge < -0.3 is 5.32 Å². The molecule has 1 aromatic carbocycles. The first-order chi connectivity index (χ1) is 9.86. The van der Waals surface area contributed by atoms with Crippen LogP contribution in [0, 0.1) is 0 Å². The summed E-state index contributed by atoms with van der Waals surface area (Å²) in [7, 11) is -3.72. The fourth-order valence-corrected chi connectivity index (χ4v) is 2.23. The van der Waals surface area contributed by atoms with Gasteiger partial charge in [0.05, 0.1) is 4.90 Å². The number of nitrogens with zero attached hydrogens (tertiary/aromatic N) is 1. The molecule has 4 N–H and O–H groups in total. The Labute approximate surface area is 121 Å². The lowest BCUT2D eigenvalue weighted by Gasteiger charge is -2.12. The Bertz CT molecular complexity index is 694. The van der Waals surface area contributed by atoms with Gasteiger partial charge in [-0.05, 0) is 17.7 Å². The molecule has 0 aromatic heterocycles. The molecule has 1 aliphatic rings. The molecule has 0 bridgehead atoms. The molecule has 21 heavy (non-hydrogen) atoms. The molecule has 2 rings (SSSR count). The van der Waals surface area contributed by atoms with Gasteiger partial charge in [-0.15, -0.1) is 0 Å². The standard InChI is InChI=1S/C12H14N4O4S/c13-21(19,20)9-3-1-8(2-4-9)7-14-12(18)10-5-6-11(17)16-15-10/h1-4H,5-7H2,(H,14,18)(H,16,17)(H2,13,19,20). The van der Waals surface area contributed by atoms with Crippen LogP contribution in [0.15, 0.2) is 34.3 Å². The summed E-state index contributed by atoms with van der Waals surface area (Å²) >= 11 is 0. The smallest absolute Gasteiger partial charge is 0.267 e. The monoisotopic (exact) mass is 310 g/mol. The third-order valence-corrected chi connectivity index (χ3v) is 3.80. The lowest BCUT2D eigenvalue weighted by atomic mass is 10.1. The minimum absolute atomic E-state index is 0.0111. The number of hydrazone groups is 1. The third kappa shape index (κ3) is 4.10. The van der Waals surface area contributed by atoms with Gasteiger partial charge >= 0.3 is 0 Å². The molecule has 9 heteroatoms. The van der Waals surface area contributed by atoms with Gasteiger partial charge in [0.15, 0.2) is 0 Å². The van der Waals surface area contributed by atoms with Gasteiger partial charge in [-0.25, -0.2) is 19.0 Å². The van der Waals surface area contributed by atoms with Gasteiger partial charge in [0.25, 0.3) is 5.91 Å². The summed E-state index contributed by atoms with van der Waals surface area (Å²) in [5, 5.41) is 11.3. The normalized spacial score (nSPS) is 15.1. The number of sulfonamides is 1. The van der Waals surface area contributed by atoms with Crippen LogP contribution in [0.1, 0.15) is 18.4 Å². The highest BCUT2D eigenvalue weighted by Gasteiger charge is 2.17. The lowest BCUT2D eigenvalue weighted by molar-refractivity contribution is -0.121. The molecule has 0 radical (unpaired) electrons. The second kappa shape index (κ2) is 6.02. The molecule has 0 saturated carbocycles. The maximum Gasteiger partial charge on any atom is 0.267 e. The molecule has 0 fully saturated rings. The van der Waals surface area contributed by atoms with E-state index in [4.69, 9.17) is 5.14 Å². The van der Waals surface area contributed by atoms with Crippen molar-refractivity contribution < 1.29 is 18.0 Å². The predicted molar refractivity (Wildman–Crippen MR) is 74.5 cm³/mol.